The van der Waals surface area contributed by atoms with Crippen LogP contribution in [0.5, 0.6) is 0 Å². The molecule has 3 aliphatic heterocycles. The molecule has 0 unspecified atom stereocenters. The second-order valence-corrected chi connectivity index (χ2v) is 9.87. The van der Waals surface area contributed by atoms with Crippen molar-refractivity contribution in [2.75, 3.05) is 80.3 Å². The van der Waals surface area contributed by atoms with Crippen molar-refractivity contribution in [2.24, 2.45) is 0 Å². The molecule has 214 valence electrons. The van der Waals surface area contributed by atoms with E-state index in [2.05, 4.69) is 20.4 Å². The summed E-state index contributed by atoms with van der Waals surface area (Å²) in [5, 5.41) is 5.57. The van der Waals surface area contributed by atoms with E-state index in [0.29, 0.717) is 87.4 Å². The molecule has 0 atom stereocenters. The monoisotopic (exact) mass is 561 g/mol. The zero-order valence-electron chi connectivity index (χ0n) is 22.6. The van der Waals surface area contributed by atoms with Crippen LogP contribution < -0.4 is 20.4 Å². The van der Waals surface area contributed by atoms with Gasteiger partial charge in [0.2, 0.25) is 11.9 Å². The molecule has 1 aromatic heterocycles. The number of carbonyl (C=O) groups is 2. The molecule has 3 aliphatic rings. The summed E-state index contributed by atoms with van der Waals surface area (Å²) in [6, 6.07) is 13.4. The molecule has 3 saturated heterocycles. The van der Waals surface area contributed by atoms with Gasteiger partial charge in [0.1, 0.15) is 0 Å². The van der Waals surface area contributed by atoms with Crippen molar-refractivity contribution in [3.63, 3.8) is 0 Å². The van der Waals surface area contributed by atoms with Crippen LogP contribution in [0.2, 0.25) is 0 Å². The number of nitrogens with zero attached hydrogens (tertiary/aromatic N) is 5. The van der Waals surface area contributed by atoms with Crippen LogP contribution in [-0.4, -0.2) is 98.9 Å². The number of anilines is 4. The van der Waals surface area contributed by atoms with Gasteiger partial charge in [0.25, 0.3) is 0 Å². The minimum Gasteiger partial charge on any atom is -0.465 e. The molecular weight excluding hydrogens is 530 g/mol. The summed E-state index contributed by atoms with van der Waals surface area (Å²) in [6.45, 7) is 4.86. The van der Waals surface area contributed by atoms with Gasteiger partial charge in [-0.3, -0.25) is 0 Å². The SMILES string of the molecule is COC(=O)c1ccc(NC(=O)Nc2ccc(-c3nc(N4CCOCC4)nc(N4C5COCC4COC5)n3)cc2)cc1. The summed E-state index contributed by atoms with van der Waals surface area (Å²) in [7, 11) is 1.32. The third-order valence-corrected chi connectivity index (χ3v) is 7.13. The van der Waals surface area contributed by atoms with Crippen molar-refractivity contribution in [3.05, 3.63) is 54.1 Å². The normalized spacial score (nSPS) is 20.3. The summed E-state index contributed by atoms with van der Waals surface area (Å²) in [5.74, 6) is 1.32. The molecule has 3 aromatic rings. The van der Waals surface area contributed by atoms with E-state index in [9.17, 15) is 9.59 Å². The predicted octanol–water partition coefficient (Wildman–Crippen LogP) is 2.41. The molecule has 13 heteroatoms. The van der Waals surface area contributed by atoms with Crippen LogP contribution in [0.25, 0.3) is 11.4 Å². The first-order valence-electron chi connectivity index (χ1n) is 13.5. The lowest BCUT2D eigenvalue weighted by Crippen LogP contribution is -2.60. The molecular formula is C28H31N7O6. The number of hydrogen-bond donors (Lipinski definition) is 2. The van der Waals surface area contributed by atoms with Gasteiger partial charge in [-0.25, -0.2) is 9.59 Å². The number of rotatable bonds is 6. The number of ether oxygens (including phenoxy) is 4. The van der Waals surface area contributed by atoms with Crippen molar-refractivity contribution in [1.29, 1.82) is 0 Å². The van der Waals surface area contributed by atoms with E-state index < -0.39 is 12.0 Å². The lowest BCUT2D eigenvalue weighted by molar-refractivity contribution is -0.0355. The van der Waals surface area contributed by atoms with Crippen LogP contribution in [0.4, 0.5) is 28.1 Å². The molecule has 2 amide bonds. The lowest BCUT2D eigenvalue weighted by atomic mass is 10.1. The molecule has 41 heavy (non-hydrogen) atoms. The minimum absolute atomic E-state index is 0.0389. The van der Waals surface area contributed by atoms with Crippen molar-refractivity contribution in [3.8, 4) is 11.4 Å². The van der Waals surface area contributed by atoms with Gasteiger partial charge >= 0.3 is 12.0 Å². The van der Waals surface area contributed by atoms with Crippen LogP contribution in [-0.2, 0) is 18.9 Å². The fraction of sp³-hybridized carbons (Fsp3) is 0.393. The second-order valence-electron chi connectivity index (χ2n) is 9.87. The van der Waals surface area contributed by atoms with Crippen molar-refractivity contribution in [2.45, 2.75) is 12.1 Å². The average Bonchev–Trinajstić information content (AvgIpc) is 3.01. The number of benzene rings is 2. The zero-order chi connectivity index (χ0) is 28.2. The van der Waals surface area contributed by atoms with Crippen LogP contribution in [0.15, 0.2) is 48.5 Å². The molecule has 2 bridgehead atoms. The first kappa shape index (κ1) is 26.9. The van der Waals surface area contributed by atoms with E-state index in [1.807, 2.05) is 12.1 Å². The summed E-state index contributed by atoms with van der Waals surface area (Å²) in [4.78, 5) is 43.1. The van der Waals surface area contributed by atoms with E-state index in [4.69, 9.17) is 33.9 Å². The maximum absolute atomic E-state index is 12.6. The molecule has 3 fully saturated rings. The zero-order valence-corrected chi connectivity index (χ0v) is 22.6. The Hall–Kier alpha value is -4.33. The van der Waals surface area contributed by atoms with Crippen LogP contribution in [0.1, 0.15) is 10.4 Å². The average molecular weight is 562 g/mol. The standard InChI is InChI=1S/C28H31N7O6/c1-38-25(36)19-4-8-21(9-5-19)30-28(37)29-20-6-2-18(3-7-20)24-31-26(34-10-12-39-13-11-34)33-27(32-24)35-22-14-40-16-23(35)17-41-15-22/h2-9,22-23H,10-17H2,1H3,(H2,29,30,37). The molecule has 6 rings (SSSR count). The first-order chi connectivity index (χ1) is 20.1. The van der Waals surface area contributed by atoms with E-state index in [1.54, 1.807) is 36.4 Å². The number of esters is 1. The van der Waals surface area contributed by atoms with Crippen LogP contribution >= 0.6 is 0 Å². The fourth-order valence-corrected chi connectivity index (χ4v) is 5.03. The van der Waals surface area contributed by atoms with Crippen LogP contribution in [0, 0.1) is 0 Å². The third kappa shape index (κ3) is 6.06. The van der Waals surface area contributed by atoms with Gasteiger partial charge in [-0.2, -0.15) is 15.0 Å². The molecule has 0 spiro atoms. The Morgan fingerprint density at radius 2 is 1.34 bits per heavy atom. The summed E-state index contributed by atoms with van der Waals surface area (Å²) in [6.07, 6.45) is 0. The number of aromatic nitrogens is 3. The summed E-state index contributed by atoms with van der Waals surface area (Å²) in [5.41, 5.74) is 2.33. The summed E-state index contributed by atoms with van der Waals surface area (Å²) < 4.78 is 21.8. The number of morpholine rings is 3. The number of methoxy groups -OCH3 is 1. The predicted molar refractivity (Wildman–Crippen MR) is 150 cm³/mol. The molecule has 0 saturated carbocycles. The smallest absolute Gasteiger partial charge is 0.337 e. The number of fused-ring (bicyclic) bond motifs is 2. The fourth-order valence-electron chi connectivity index (χ4n) is 5.03. The quantitative estimate of drug-likeness (QED) is 0.429. The van der Waals surface area contributed by atoms with Gasteiger partial charge in [0.15, 0.2) is 5.82 Å². The number of amides is 2. The van der Waals surface area contributed by atoms with Gasteiger partial charge in [-0.1, -0.05) is 0 Å². The molecule has 2 N–H and O–H groups in total. The van der Waals surface area contributed by atoms with E-state index >= 15 is 0 Å². The van der Waals surface area contributed by atoms with E-state index in [-0.39, 0.29) is 12.1 Å². The van der Waals surface area contributed by atoms with Gasteiger partial charge in [-0.05, 0) is 48.5 Å². The Labute approximate surface area is 236 Å². The lowest BCUT2D eigenvalue weighted by Gasteiger charge is -2.45. The highest BCUT2D eigenvalue weighted by Crippen LogP contribution is 2.29. The highest BCUT2D eigenvalue weighted by Gasteiger charge is 2.38. The van der Waals surface area contributed by atoms with E-state index in [1.165, 1.54) is 7.11 Å². The highest BCUT2D eigenvalue weighted by molar-refractivity contribution is 6.00. The molecule has 0 radical (unpaired) electrons. The third-order valence-electron chi connectivity index (χ3n) is 7.13. The largest absolute Gasteiger partial charge is 0.465 e. The summed E-state index contributed by atoms with van der Waals surface area (Å²) >= 11 is 0. The van der Waals surface area contributed by atoms with Crippen molar-refractivity contribution < 1.29 is 28.5 Å². The van der Waals surface area contributed by atoms with Gasteiger partial charge in [0, 0.05) is 30.0 Å². The maximum Gasteiger partial charge on any atom is 0.337 e. The molecule has 13 nitrogen and oxygen atoms in total. The Kier molecular flexibility index (Phi) is 7.89. The Morgan fingerprint density at radius 3 is 1.93 bits per heavy atom. The topological polar surface area (TPSA) is 140 Å². The molecule has 4 heterocycles. The Morgan fingerprint density at radius 1 is 0.780 bits per heavy atom. The molecule has 2 aromatic carbocycles. The van der Waals surface area contributed by atoms with Gasteiger partial charge in [0.05, 0.1) is 64.4 Å². The number of urea groups is 1. The van der Waals surface area contributed by atoms with Crippen molar-refractivity contribution >= 4 is 35.3 Å². The van der Waals surface area contributed by atoms with Crippen molar-refractivity contribution in [1.82, 2.24) is 15.0 Å². The first-order valence-corrected chi connectivity index (χ1v) is 13.5. The van der Waals surface area contributed by atoms with E-state index in [0.717, 1.165) is 5.56 Å². The number of nitrogens with one attached hydrogen (secondary N) is 2. The Balaban J connectivity index is 1.20. The van der Waals surface area contributed by atoms with Crippen LogP contribution in [0.3, 0.4) is 0 Å². The minimum atomic E-state index is -0.440. The van der Waals surface area contributed by atoms with Gasteiger partial charge in [-0.15, -0.1) is 0 Å². The highest BCUT2D eigenvalue weighted by atomic mass is 16.5. The molecule has 0 aliphatic carbocycles. The number of carbonyl (C=O) groups excluding carboxylic acids is 2. The maximum atomic E-state index is 12.6. The second kappa shape index (κ2) is 12.0. The van der Waals surface area contributed by atoms with Gasteiger partial charge < -0.3 is 39.4 Å². The Bertz CT molecular complexity index is 1360. The number of hydrogen-bond acceptors (Lipinski definition) is 11.